The Balaban J connectivity index is 2.00. The van der Waals surface area contributed by atoms with Crippen LogP contribution in [0.4, 0.5) is 0 Å². The largest absolute Gasteiger partial charge is 0.422 e. The molecule has 4 aromatic rings. The average molecular weight is 302 g/mol. The molecule has 0 amide bonds. The first kappa shape index (κ1) is 13.6. The van der Waals surface area contributed by atoms with E-state index in [1.54, 1.807) is 12.3 Å². The summed E-state index contributed by atoms with van der Waals surface area (Å²) in [5.41, 5.74) is 4.99. The smallest absolute Gasteiger partial charge is 0.345 e. The van der Waals surface area contributed by atoms with Gasteiger partial charge in [-0.2, -0.15) is 0 Å². The molecule has 2 heterocycles. The van der Waals surface area contributed by atoms with Gasteiger partial charge in [0.1, 0.15) is 5.58 Å². The van der Waals surface area contributed by atoms with E-state index in [1.807, 2.05) is 50.2 Å². The number of fused-ring (bicyclic) bond motifs is 2. The van der Waals surface area contributed by atoms with Crippen molar-refractivity contribution >= 4 is 22.0 Å². The minimum Gasteiger partial charge on any atom is -0.422 e. The van der Waals surface area contributed by atoms with Crippen LogP contribution in [0.3, 0.4) is 0 Å². The van der Waals surface area contributed by atoms with Gasteiger partial charge in [-0.3, -0.25) is 4.98 Å². The van der Waals surface area contributed by atoms with E-state index in [9.17, 15) is 4.79 Å². The SMILES string of the molecule is Cc1ccc2ncc(-c3cc4ccccc4oc3=O)nc2c1C. The molecule has 112 valence electrons. The number of aromatic nitrogens is 2. The Morgan fingerprint density at radius 2 is 1.87 bits per heavy atom. The van der Waals surface area contributed by atoms with Gasteiger partial charge in [-0.1, -0.05) is 24.3 Å². The van der Waals surface area contributed by atoms with E-state index in [1.165, 1.54) is 0 Å². The fourth-order valence-electron chi connectivity index (χ4n) is 2.68. The van der Waals surface area contributed by atoms with Crippen molar-refractivity contribution in [2.45, 2.75) is 13.8 Å². The quantitative estimate of drug-likeness (QED) is 0.498. The summed E-state index contributed by atoms with van der Waals surface area (Å²) in [6.07, 6.45) is 1.62. The van der Waals surface area contributed by atoms with Gasteiger partial charge in [0.25, 0.3) is 0 Å². The van der Waals surface area contributed by atoms with E-state index in [4.69, 9.17) is 4.42 Å². The van der Waals surface area contributed by atoms with Crippen LogP contribution in [0, 0.1) is 13.8 Å². The number of nitrogens with zero attached hydrogens (tertiary/aromatic N) is 2. The van der Waals surface area contributed by atoms with Crippen LogP contribution < -0.4 is 5.63 Å². The van der Waals surface area contributed by atoms with Crippen molar-refractivity contribution < 1.29 is 4.42 Å². The summed E-state index contributed by atoms with van der Waals surface area (Å²) in [4.78, 5) is 21.4. The monoisotopic (exact) mass is 302 g/mol. The Hall–Kier alpha value is -3.01. The number of benzene rings is 2. The summed E-state index contributed by atoms with van der Waals surface area (Å²) in [6, 6.07) is 13.2. The first-order chi connectivity index (χ1) is 11.1. The fraction of sp³-hybridized carbons (Fsp3) is 0.105. The molecule has 0 fully saturated rings. The molecule has 4 heteroatoms. The second-order valence-electron chi connectivity index (χ2n) is 5.62. The van der Waals surface area contributed by atoms with E-state index in [2.05, 4.69) is 9.97 Å². The number of para-hydroxylation sites is 1. The molecular weight excluding hydrogens is 288 g/mol. The number of aryl methyl sites for hydroxylation is 2. The van der Waals surface area contributed by atoms with E-state index in [0.29, 0.717) is 16.8 Å². The molecule has 23 heavy (non-hydrogen) atoms. The highest BCUT2D eigenvalue weighted by atomic mass is 16.4. The number of rotatable bonds is 1. The molecular formula is C19H14N2O2. The average Bonchev–Trinajstić information content (AvgIpc) is 2.57. The Labute approximate surface area is 132 Å². The number of hydrogen-bond donors (Lipinski definition) is 0. The van der Waals surface area contributed by atoms with Crippen molar-refractivity contribution in [3.63, 3.8) is 0 Å². The zero-order valence-electron chi connectivity index (χ0n) is 12.8. The zero-order chi connectivity index (χ0) is 16.0. The Bertz CT molecular complexity index is 1110. The highest BCUT2D eigenvalue weighted by Gasteiger charge is 2.11. The van der Waals surface area contributed by atoms with Gasteiger partial charge in [-0.05, 0) is 43.2 Å². The van der Waals surface area contributed by atoms with E-state index in [-0.39, 0.29) is 0 Å². The lowest BCUT2D eigenvalue weighted by molar-refractivity contribution is 0.563. The van der Waals surface area contributed by atoms with Crippen molar-refractivity contribution in [2.24, 2.45) is 0 Å². The lowest BCUT2D eigenvalue weighted by Gasteiger charge is -2.07. The Morgan fingerprint density at radius 3 is 2.74 bits per heavy atom. The molecule has 0 unspecified atom stereocenters. The van der Waals surface area contributed by atoms with Crippen molar-refractivity contribution in [2.75, 3.05) is 0 Å². The van der Waals surface area contributed by atoms with Gasteiger partial charge in [0.05, 0.1) is 28.5 Å². The zero-order valence-corrected chi connectivity index (χ0v) is 12.8. The summed E-state index contributed by atoms with van der Waals surface area (Å²) in [5.74, 6) is 0. The summed E-state index contributed by atoms with van der Waals surface area (Å²) in [5, 5.41) is 0.866. The molecule has 0 aliphatic rings. The van der Waals surface area contributed by atoms with Crippen LogP contribution in [0.15, 0.2) is 57.9 Å². The topological polar surface area (TPSA) is 56.0 Å². The van der Waals surface area contributed by atoms with Gasteiger partial charge >= 0.3 is 5.63 Å². The van der Waals surface area contributed by atoms with Crippen LogP contribution >= 0.6 is 0 Å². The maximum atomic E-state index is 12.3. The minimum absolute atomic E-state index is 0.400. The summed E-state index contributed by atoms with van der Waals surface area (Å²) >= 11 is 0. The van der Waals surface area contributed by atoms with E-state index >= 15 is 0 Å². The predicted molar refractivity (Wildman–Crippen MR) is 90.5 cm³/mol. The van der Waals surface area contributed by atoms with Crippen molar-refractivity contribution in [1.29, 1.82) is 0 Å². The number of hydrogen-bond acceptors (Lipinski definition) is 4. The highest BCUT2D eigenvalue weighted by molar-refractivity contribution is 5.84. The van der Waals surface area contributed by atoms with Crippen molar-refractivity contribution in [3.05, 3.63) is 70.2 Å². The predicted octanol–water partition coefficient (Wildman–Crippen LogP) is 4.02. The maximum Gasteiger partial charge on any atom is 0.345 e. The van der Waals surface area contributed by atoms with Gasteiger partial charge in [0.15, 0.2) is 0 Å². The lowest BCUT2D eigenvalue weighted by atomic mass is 10.1. The van der Waals surface area contributed by atoms with Crippen LogP contribution in [-0.2, 0) is 0 Å². The van der Waals surface area contributed by atoms with Gasteiger partial charge < -0.3 is 4.42 Å². The highest BCUT2D eigenvalue weighted by Crippen LogP contribution is 2.23. The first-order valence-corrected chi connectivity index (χ1v) is 7.40. The van der Waals surface area contributed by atoms with Crippen LogP contribution in [0.2, 0.25) is 0 Å². The Morgan fingerprint density at radius 1 is 1.04 bits per heavy atom. The third-order valence-corrected chi connectivity index (χ3v) is 4.16. The molecule has 0 aliphatic heterocycles. The molecule has 0 saturated carbocycles. The summed E-state index contributed by atoms with van der Waals surface area (Å²) < 4.78 is 5.39. The molecule has 0 N–H and O–H groups in total. The van der Waals surface area contributed by atoms with Gasteiger partial charge in [0.2, 0.25) is 0 Å². The molecule has 0 radical (unpaired) electrons. The van der Waals surface area contributed by atoms with E-state index < -0.39 is 5.63 Å². The van der Waals surface area contributed by atoms with Crippen molar-refractivity contribution in [3.8, 4) is 11.3 Å². The Kier molecular flexibility index (Phi) is 2.98. The molecule has 4 rings (SSSR count). The van der Waals surface area contributed by atoms with Crippen LogP contribution in [0.5, 0.6) is 0 Å². The minimum atomic E-state index is -0.400. The fourth-order valence-corrected chi connectivity index (χ4v) is 2.68. The van der Waals surface area contributed by atoms with Gasteiger partial charge in [-0.15, -0.1) is 0 Å². The van der Waals surface area contributed by atoms with Crippen LogP contribution in [0.25, 0.3) is 33.3 Å². The molecule has 0 saturated heterocycles. The molecule has 2 aromatic heterocycles. The maximum absolute atomic E-state index is 12.3. The van der Waals surface area contributed by atoms with Crippen molar-refractivity contribution in [1.82, 2.24) is 9.97 Å². The molecule has 0 spiro atoms. The lowest BCUT2D eigenvalue weighted by Crippen LogP contribution is -2.04. The first-order valence-electron chi connectivity index (χ1n) is 7.40. The summed E-state index contributed by atoms with van der Waals surface area (Å²) in [6.45, 7) is 4.05. The second-order valence-corrected chi connectivity index (χ2v) is 5.62. The molecule has 4 nitrogen and oxygen atoms in total. The third kappa shape index (κ3) is 2.19. The van der Waals surface area contributed by atoms with E-state index in [0.717, 1.165) is 27.5 Å². The van der Waals surface area contributed by atoms with Crippen LogP contribution in [0.1, 0.15) is 11.1 Å². The standard InChI is InChI=1S/C19H14N2O2/c1-11-7-8-15-18(12(11)2)21-16(10-20-15)14-9-13-5-3-4-6-17(13)23-19(14)22/h3-10H,1-2H3. The second kappa shape index (κ2) is 5.02. The van der Waals surface area contributed by atoms with Crippen LogP contribution in [-0.4, -0.2) is 9.97 Å². The molecule has 2 aromatic carbocycles. The van der Waals surface area contributed by atoms with Gasteiger partial charge in [-0.25, -0.2) is 9.78 Å². The molecule has 0 atom stereocenters. The third-order valence-electron chi connectivity index (χ3n) is 4.16. The van der Waals surface area contributed by atoms with Gasteiger partial charge in [0, 0.05) is 5.39 Å². The molecule has 0 bridgehead atoms. The molecule has 0 aliphatic carbocycles. The normalized spacial score (nSPS) is 11.2. The summed E-state index contributed by atoms with van der Waals surface area (Å²) in [7, 11) is 0.